The van der Waals surface area contributed by atoms with Crippen LogP contribution in [0, 0.1) is 0 Å². The molecule has 26 valence electrons. The molecular formula is C3H3NP-. The van der Waals surface area contributed by atoms with E-state index in [1.165, 1.54) is 0 Å². The fourth-order valence-corrected chi connectivity index (χ4v) is 0.577. The van der Waals surface area contributed by atoms with E-state index in [0.29, 0.717) is 0 Å². The number of rotatable bonds is 0. The summed E-state index contributed by atoms with van der Waals surface area (Å²) in [6, 6.07) is 1.93. The highest BCUT2D eigenvalue weighted by Gasteiger charge is 1.43. The molecule has 0 radical (unpaired) electrons. The average Bonchev–Trinajstić information content (AvgIpc) is 1.76. The molecule has 5 heavy (non-hydrogen) atoms. The molecule has 0 amide bonds. The highest BCUT2D eigenvalue weighted by Crippen LogP contribution is 1.92. The van der Waals surface area contributed by atoms with Gasteiger partial charge >= 0.3 is 0 Å². The zero-order chi connectivity index (χ0) is 3.54. The summed E-state index contributed by atoms with van der Waals surface area (Å²) >= 11 is 0. The normalized spacial score (nSPS) is 9.60. The van der Waals surface area contributed by atoms with E-state index in [1.54, 1.807) is 6.20 Å². The minimum atomic E-state index is 1.08. The molecule has 1 rings (SSSR count). The monoisotopic (exact) mass is 84.0 g/mol. The van der Waals surface area contributed by atoms with Crippen LogP contribution in [0.1, 0.15) is 0 Å². The molecule has 0 spiro atoms. The molecule has 1 aromatic rings. The quantitative estimate of drug-likeness (QED) is 0.462. The maximum Gasteiger partial charge on any atom is -0.0128 e. The second-order valence-corrected chi connectivity index (χ2v) is 1.48. The third-order valence-electron chi connectivity index (χ3n) is 0.372. The summed E-state index contributed by atoms with van der Waals surface area (Å²) < 4.78 is 3.82. The van der Waals surface area contributed by atoms with Gasteiger partial charge in [-0.25, -0.2) is 5.80 Å². The molecule has 2 heteroatoms. The van der Waals surface area contributed by atoms with Crippen molar-refractivity contribution >= 4 is 8.35 Å². The number of aromatic nitrogens is 1. The summed E-state index contributed by atoms with van der Waals surface area (Å²) in [7, 11) is 1.08. The largest absolute Gasteiger partial charge is 0.451 e. The van der Waals surface area contributed by atoms with Gasteiger partial charge in [-0.3, -0.25) is 0 Å². The summed E-state index contributed by atoms with van der Waals surface area (Å²) in [6.07, 6.45) is 1.79. The summed E-state index contributed by atoms with van der Waals surface area (Å²) in [5, 5.41) is 0. The van der Waals surface area contributed by atoms with Crippen molar-refractivity contribution in [3.63, 3.8) is 0 Å². The molecule has 0 N–H and O–H groups in total. The fourth-order valence-electron chi connectivity index (χ4n) is 0.192. The van der Waals surface area contributed by atoms with Crippen molar-refractivity contribution in [2.45, 2.75) is 0 Å². The highest BCUT2D eigenvalue weighted by atomic mass is 31.0. The van der Waals surface area contributed by atoms with Gasteiger partial charge in [0.05, 0.1) is 0 Å². The first-order chi connectivity index (χ1) is 2.50. The van der Waals surface area contributed by atoms with Crippen LogP contribution in [0.2, 0.25) is 0 Å². The second kappa shape index (κ2) is 1.23. The van der Waals surface area contributed by atoms with Gasteiger partial charge in [-0.1, -0.05) is 6.07 Å². The maximum absolute atomic E-state index is 3.82. The first-order valence-electron chi connectivity index (χ1n) is 1.38. The smallest absolute Gasteiger partial charge is 0.0128 e. The lowest BCUT2D eigenvalue weighted by Gasteiger charge is -1.68. The molecular weight excluding hydrogens is 81.0 g/mol. The number of hydrogen-bond donors (Lipinski definition) is 0. The molecule has 0 aliphatic carbocycles. The average molecular weight is 84.0 g/mol. The Balaban J connectivity index is 3.13. The van der Waals surface area contributed by atoms with E-state index < -0.39 is 0 Å². The van der Waals surface area contributed by atoms with Crippen LogP contribution in [0.5, 0.6) is 0 Å². The molecule has 0 atom stereocenters. The van der Waals surface area contributed by atoms with Crippen molar-refractivity contribution in [3.05, 3.63) is 18.1 Å². The summed E-state index contributed by atoms with van der Waals surface area (Å²) in [6.45, 7) is 0. The minimum absolute atomic E-state index is 1.08. The fraction of sp³-hybridized carbons (Fsp3) is 0. The molecule has 0 bridgehead atoms. The molecule has 0 aromatic carbocycles. The molecule has 0 aliphatic heterocycles. The summed E-state index contributed by atoms with van der Waals surface area (Å²) in [5.74, 6) is 1.99. The summed E-state index contributed by atoms with van der Waals surface area (Å²) in [4.78, 5) is 0. The third-order valence-corrected chi connectivity index (χ3v) is 0.944. The van der Waals surface area contributed by atoms with Crippen molar-refractivity contribution in [3.8, 4) is 0 Å². The number of nitrogens with zero attached hydrogens (tertiary/aromatic N) is 1. The topological polar surface area (TPSA) is 12.9 Å². The second-order valence-electron chi connectivity index (χ2n) is 0.722. The lowest BCUT2D eigenvalue weighted by Crippen LogP contribution is -1.30. The van der Waals surface area contributed by atoms with E-state index in [0.717, 1.165) is 8.35 Å². The standard InChI is InChI=1S/C3H3NP/c1-2-4-5-3-1/h1-3H/q-1. The molecule has 1 nitrogen and oxygen atoms in total. The van der Waals surface area contributed by atoms with Crippen molar-refractivity contribution in [1.29, 1.82) is 0 Å². The van der Waals surface area contributed by atoms with Crippen LogP contribution in [0.4, 0.5) is 0 Å². The molecule has 1 heterocycles. The first-order valence-corrected chi connectivity index (χ1v) is 2.30. The Labute approximate surface area is 32.2 Å². The van der Waals surface area contributed by atoms with Crippen LogP contribution in [-0.4, -0.2) is 4.75 Å². The predicted octanol–water partition coefficient (Wildman–Crippen LogP) is 1.38. The van der Waals surface area contributed by atoms with Crippen molar-refractivity contribution < 1.29 is 0 Å². The van der Waals surface area contributed by atoms with E-state index in [1.807, 2.05) is 11.9 Å². The molecule has 0 unspecified atom stereocenters. The molecule has 0 aliphatic rings. The van der Waals surface area contributed by atoms with Crippen LogP contribution >= 0.6 is 8.35 Å². The van der Waals surface area contributed by atoms with Gasteiger partial charge in [-0.05, 0) is 6.20 Å². The van der Waals surface area contributed by atoms with Gasteiger partial charge in [0.2, 0.25) is 0 Å². The van der Waals surface area contributed by atoms with Crippen molar-refractivity contribution in [1.82, 2.24) is 4.75 Å². The van der Waals surface area contributed by atoms with Crippen molar-refractivity contribution in [2.75, 3.05) is 0 Å². The Kier molecular flexibility index (Phi) is 0.718. The molecule has 0 saturated carbocycles. The Hall–Kier alpha value is -0.290. The van der Waals surface area contributed by atoms with Gasteiger partial charge in [-0.2, -0.15) is 0 Å². The van der Waals surface area contributed by atoms with Crippen LogP contribution in [0.25, 0.3) is 0 Å². The van der Waals surface area contributed by atoms with E-state index in [4.69, 9.17) is 0 Å². The van der Waals surface area contributed by atoms with Gasteiger partial charge in [0.1, 0.15) is 0 Å². The van der Waals surface area contributed by atoms with Gasteiger partial charge in [0, 0.05) is 0 Å². The SMILES string of the molecule is c1cn[p-]c1. The Morgan fingerprint density at radius 2 is 2.60 bits per heavy atom. The van der Waals surface area contributed by atoms with E-state index in [9.17, 15) is 0 Å². The van der Waals surface area contributed by atoms with Gasteiger partial charge < -0.3 is 13.1 Å². The lowest BCUT2D eigenvalue weighted by atomic mass is 10.8. The van der Waals surface area contributed by atoms with E-state index in [2.05, 4.69) is 4.75 Å². The number of hydrogen-bond acceptors (Lipinski definition) is 1. The zero-order valence-electron chi connectivity index (χ0n) is 2.63. The minimum Gasteiger partial charge on any atom is -0.451 e. The van der Waals surface area contributed by atoms with Crippen LogP contribution < -0.4 is 0 Å². The maximum atomic E-state index is 3.82. The van der Waals surface area contributed by atoms with Crippen LogP contribution in [0.15, 0.2) is 18.1 Å². The third kappa shape index (κ3) is 0.489. The Bertz CT molecular complexity index is 63.4. The van der Waals surface area contributed by atoms with Crippen molar-refractivity contribution in [2.24, 2.45) is 0 Å². The first kappa shape index (κ1) is 2.92. The zero-order valence-corrected chi connectivity index (χ0v) is 3.52. The highest BCUT2D eigenvalue weighted by molar-refractivity contribution is 7.24. The van der Waals surface area contributed by atoms with Gasteiger partial charge in [0.25, 0.3) is 0 Å². The van der Waals surface area contributed by atoms with Gasteiger partial charge in [0.15, 0.2) is 0 Å². The Morgan fingerprint density at radius 3 is 2.80 bits per heavy atom. The molecule has 0 saturated heterocycles. The van der Waals surface area contributed by atoms with Gasteiger partial charge in [-0.15, -0.1) is 0 Å². The Morgan fingerprint density at radius 1 is 1.60 bits per heavy atom. The van der Waals surface area contributed by atoms with E-state index in [-0.39, 0.29) is 0 Å². The van der Waals surface area contributed by atoms with E-state index >= 15 is 0 Å². The predicted molar refractivity (Wildman–Crippen MR) is 22.3 cm³/mol. The van der Waals surface area contributed by atoms with Crippen LogP contribution in [-0.2, 0) is 0 Å². The van der Waals surface area contributed by atoms with Crippen LogP contribution in [0.3, 0.4) is 0 Å². The summed E-state index contributed by atoms with van der Waals surface area (Å²) in [5.41, 5.74) is 0. The lowest BCUT2D eigenvalue weighted by molar-refractivity contribution is 1.59. The molecule has 0 fully saturated rings. The molecule has 1 aromatic heterocycles.